The minimum Gasteiger partial charge on any atom is -0.324 e. The first-order valence-electron chi connectivity index (χ1n) is 18.1. The molecule has 0 fully saturated rings. The van der Waals surface area contributed by atoms with Gasteiger partial charge in [0.2, 0.25) is 0 Å². The normalized spacial score (nSPS) is 13.5. The van der Waals surface area contributed by atoms with Crippen LogP contribution in [0, 0.1) is 0 Å². The first-order chi connectivity index (χ1) is 25.2. The summed E-state index contributed by atoms with van der Waals surface area (Å²) in [4.78, 5) is 5.04. The zero-order valence-corrected chi connectivity index (χ0v) is 28.4. The van der Waals surface area contributed by atoms with Crippen molar-refractivity contribution in [2.24, 2.45) is 0 Å². The van der Waals surface area contributed by atoms with Crippen molar-refractivity contribution >= 4 is 32.6 Å². The monoisotopic (exact) mass is 650 g/mol. The van der Waals surface area contributed by atoms with Crippen molar-refractivity contribution in [3.05, 3.63) is 186 Å². The van der Waals surface area contributed by atoms with Gasteiger partial charge in [-0.25, -0.2) is 4.98 Å². The summed E-state index contributed by atoms with van der Waals surface area (Å²) in [5.41, 5.74) is 16.3. The van der Waals surface area contributed by atoms with Crippen molar-refractivity contribution < 1.29 is 0 Å². The molecule has 2 aliphatic rings. The Bertz CT molecular complexity index is 2830. The van der Waals surface area contributed by atoms with Crippen LogP contribution < -0.4 is 0 Å². The van der Waals surface area contributed by atoms with Gasteiger partial charge in [0, 0.05) is 12.1 Å². The van der Waals surface area contributed by atoms with Gasteiger partial charge in [0.1, 0.15) is 5.82 Å². The number of aryl methyl sites for hydroxylation is 1. The summed E-state index contributed by atoms with van der Waals surface area (Å²) < 4.78 is 2.36. The molecule has 2 nitrogen and oxygen atoms in total. The summed E-state index contributed by atoms with van der Waals surface area (Å²) in [6.45, 7) is 3.17. The van der Waals surface area contributed by atoms with Crippen molar-refractivity contribution in [2.45, 2.75) is 25.3 Å². The average molecular weight is 651 g/mol. The van der Waals surface area contributed by atoms with Crippen LogP contribution in [0.5, 0.6) is 0 Å². The van der Waals surface area contributed by atoms with Crippen LogP contribution in [-0.4, -0.2) is 9.55 Å². The van der Waals surface area contributed by atoms with E-state index in [9.17, 15) is 0 Å². The average Bonchev–Trinajstić information content (AvgIpc) is 3.81. The fourth-order valence-corrected chi connectivity index (χ4v) is 9.40. The third kappa shape index (κ3) is 3.85. The van der Waals surface area contributed by atoms with Crippen LogP contribution in [-0.2, 0) is 12.0 Å². The van der Waals surface area contributed by atoms with Crippen LogP contribution in [0.1, 0.15) is 35.6 Å². The Kier molecular flexibility index (Phi) is 5.95. The number of aromatic nitrogens is 2. The highest BCUT2D eigenvalue weighted by molar-refractivity contribution is 6.06. The fraction of sp³-hybridized carbons (Fsp3) is 0.0816. The molecule has 0 atom stereocenters. The molecule has 1 heterocycles. The largest absolute Gasteiger partial charge is 0.324 e. The second-order valence-corrected chi connectivity index (χ2v) is 14.2. The van der Waals surface area contributed by atoms with E-state index < -0.39 is 5.41 Å². The summed E-state index contributed by atoms with van der Waals surface area (Å²) in [5, 5.41) is 5.14. The number of hydrogen-bond acceptors (Lipinski definition) is 1. The van der Waals surface area contributed by atoms with Gasteiger partial charge in [-0.15, -0.1) is 0 Å². The summed E-state index contributed by atoms with van der Waals surface area (Å²) >= 11 is 0. The molecule has 11 rings (SSSR count). The van der Waals surface area contributed by atoms with Crippen molar-refractivity contribution in [1.82, 2.24) is 9.55 Å². The third-order valence-electron chi connectivity index (χ3n) is 11.5. The molecule has 2 heteroatoms. The number of imidazole rings is 1. The van der Waals surface area contributed by atoms with E-state index >= 15 is 0 Å². The minimum atomic E-state index is -0.394. The van der Waals surface area contributed by atoms with Gasteiger partial charge < -0.3 is 4.57 Å². The molecule has 240 valence electrons. The molecule has 0 N–H and O–H groups in total. The zero-order valence-electron chi connectivity index (χ0n) is 28.4. The maximum absolute atomic E-state index is 5.04. The Hall–Kier alpha value is -6.25. The molecule has 51 heavy (non-hydrogen) atoms. The van der Waals surface area contributed by atoms with E-state index in [4.69, 9.17) is 4.98 Å². The quantitative estimate of drug-likeness (QED) is 0.185. The Labute approximate surface area is 297 Å². The standard InChI is InChI=1S/C49H34N2/c1-2-27-51-46-18-10-9-17-45(46)50-48(51)32-21-19-31(20-22-32)35-23-25-37-36(28-35)24-26-40-41-29-33-11-3-4-12-34(33)30-44(41)49(47(37)40)42-15-7-5-13-38(42)39-14-6-8-16-43(39)49/h3-26,28-30H,2,27H2,1H3. The zero-order chi connectivity index (χ0) is 33.7. The summed E-state index contributed by atoms with van der Waals surface area (Å²) in [6, 6.07) is 61.1. The van der Waals surface area contributed by atoms with E-state index in [0.717, 1.165) is 29.9 Å². The second-order valence-electron chi connectivity index (χ2n) is 14.2. The first kappa shape index (κ1) is 28.6. The summed E-state index contributed by atoms with van der Waals surface area (Å²) in [6.07, 6.45) is 1.06. The summed E-state index contributed by atoms with van der Waals surface area (Å²) in [7, 11) is 0. The molecular formula is C49H34N2. The molecule has 0 saturated heterocycles. The van der Waals surface area contributed by atoms with Gasteiger partial charge in [-0.3, -0.25) is 0 Å². The topological polar surface area (TPSA) is 17.8 Å². The highest BCUT2D eigenvalue weighted by Gasteiger charge is 2.52. The van der Waals surface area contributed by atoms with E-state index in [-0.39, 0.29) is 0 Å². The molecule has 0 amide bonds. The Balaban J connectivity index is 1.10. The van der Waals surface area contributed by atoms with Crippen LogP contribution in [0.3, 0.4) is 0 Å². The Morgan fingerprint density at radius 2 is 1.14 bits per heavy atom. The molecule has 1 aromatic heterocycles. The summed E-state index contributed by atoms with van der Waals surface area (Å²) in [5.74, 6) is 1.04. The maximum Gasteiger partial charge on any atom is 0.141 e. The molecular weight excluding hydrogens is 617 g/mol. The molecule has 1 spiro atoms. The van der Waals surface area contributed by atoms with Crippen LogP contribution in [0.25, 0.3) is 77.3 Å². The number of hydrogen-bond donors (Lipinski definition) is 0. The first-order valence-corrected chi connectivity index (χ1v) is 18.1. The molecule has 0 unspecified atom stereocenters. The van der Waals surface area contributed by atoms with Crippen molar-refractivity contribution in [1.29, 1.82) is 0 Å². The number of nitrogens with zero attached hydrogens (tertiary/aromatic N) is 2. The van der Waals surface area contributed by atoms with E-state index in [1.54, 1.807) is 0 Å². The van der Waals surface area contributed by atoms with Gasteiger partial charge in [0.25, 0.3) is 0 Å². The lowest BCUT2D eigenvalue weighted by atomic mass is 9.69. The van der Waals surface area contributed by atoms with Crippen LogP contribution >= 0.6 is 0 Å². The maximum atomic E-state index is 5.04. The third-order valence-corrected chi connectivity index (χ3v) is 11.5. The van der Waals surface area contributed by atoms with Gasteiger partial charge in [-0.2, -0.15) is 0 Å². The Morgan fingerprint density at radius 3 is 1.90 bits per heavy atom. The second kappa shape index (κ2) is 10.6. The van der Waals surface area contributed by atoms with E-state index in [1.165, 1.54) is 82.7 Å². The molecule has 9 aromatic rings. The number of fused-ring (bicyclic) bond motifs is 14. The van der Waals surface area contributed by atoms with Gasteiger partial charge in [-0.05, 0) is 114 Å². The van der Waals surface area contributed by atoms with Crippen LogP contribution in [0.2, 0.25) is 0 Å². The molecule has 0 bridgehead atoms. The predicted molar refractivity (Wildman–Crippen MR) is 212 cm³/mol. The van der Waals surface area contributed by atoms with Crippen LogP contribution in [0.15, 0.2) is 164 Å². The minimum absolute atomic E-state index is 0.394. The van der Waals surface area contributed by atoms with Crippen LogP contribution in [0.4, 0.5) is 0 Å². The van der Waals surface area contributed by atoms with E-state index in [1.807, 2.05) is 0 Å². The molecule has 0 radical (unpaired) electrons. The molecule has 2 aliphatic carbocycles. The lowest BCUT2D eigenvalue weighted by molar-refractivity contribution is 0.704. The van der Waals surface area contributed by atoms with E-state index in [0.29, 0.717) is 0 Å². The fourth-order valence-electron chi connectivity index (χ4n) is 9.40. The predicted octanol–water partition coefficient (Wildman–Crippen LogP) is 12.4. The lowest BCUT2D eigenvalue weighted by Gasteiger charge is -2.31. The van der Waals surface area contributed by atoms with Gasteiger partial charge in [-0.1, -0.05) is 140 Å². The van der Waals surface area contributed by atoms with Gasteiger partial charge >= 0.3 is 0 Å². The smallest absolute Gasteiger partial charge is 0.141 e. The molecule has 0 saturated carbocycles. The number of benzene rings is 8. The van der Waals surface area contributed by atoms with Crippen molar-refractivity contribution in [3.8, 4) is 44.8 Å². The van der Waals surface area contributed by atoms with Crippen molar-refractivity contribution in [3.63, 3.8) is 0 Å². The number of rotatable bonds is 4. The number of para-hydroxylation sites is 2. The van der Waals surface area contributed by atoms with Gasteiger partial charge in [0.15, 0.2) is 0 Å². The van der Waals surface area contributed by atoms with Gasteiger partial charge in [0.05, 0.1) is 16.4 Å². The van der Waals surface area contributed by atoms with E-state index in [2.05, 4.69) is 175 Å². The highest BCUT2D eigenvalue weighted by Crippen LogP contribution is 2.64. The molecule has 8 aromatic carbocycles. The Morgan fingerprint density at radius 1 is 0.490 bits per heavy atom. The lowest BCUT2D eigenvalue weighted by Crippen LogP contribution is -2.26. The molecule has 0 aliphatic heterocycles. The highest BCUT2D eigenvalue weighted by atomic mass is 15.1. The van der Waals surface area contributed by atoms with Crippen molar-refractivity contribution in [2.75, 3.05) is 0 Å². The SMILES string of the molecule is CCCn1c(-c2ccc(-c3ccc4c5c(ccc4c3)-c3cc4ccccc4cc3C53c4ccccc4-c4ccccc43)cc2)nc2ccccc21.